The molecule has 2 heterocycles. The lowest BCUT2D eigenvalue weighted by Crippen LogP contribution is -2.50. The van der Waals surface area contributed by atoms with Crippen molar-refractivity contribution >= 4 is 35.2 Å². The molecule has 12 heteroatoms. The van der Waals surface area contributed by atoms with Gasteiger partial charge in [-0.25, -0.2) is 4.68 Å². The minimum atomic E-state index is -4.70. The third kappa shape index (κ3) is 5.62. The Morgan fingerprint density at radius 2 is 1.85 bits per heavy atom. The van der Waals surface area contributed by atoms with Gasteiger partial charge in [-0.1, -0.05) is 23.2 Å². The predicted molar refractivity (Wildman–Crippen MR) is 126 cm³/mol. The van der Waals surface area contributed by atoms with E-state index in [0.29, 0.717) is 43.2 Å². The molecule has 7 nitrogen and oxygen atoms in total. The van der Waals surface area contributed by atoms with Crippen LogP contribution < -0.4 is 9.64 Å². The molecule has 1 unspecified atom stereocenters. The highest BCUT2D eigenvalue weighted by atomic mass is 35.5. The van der Waals surface area contributed by atoms with Gasteiger partial charge in [0.25, 0.3) is 0 Å². The number of carbonyl (C=O) groups is 1. The number of ether oxygens (including phenoxy) is 1. The van der Waals surface area contributed by atoms with E-state index in [1.807, 2.05) is 26.2 Å². The molecule has 0 spiro atoms. The van der Waals surface area contributed by atoms with Crippen molar-refractivity contribution in [3.05, 3.63) is 39.1 Å². The van der Waals surface area contributed by atoms with E-state index in [1.54, 1.807) is 12.0 Å². The summed E-state index contributed by atoms with van der Waals surface area (Å²) in [6.07, 6.45) is -4.30. The smallest absolute Gasteiger partial charge is 0.436 e. The van der Waals surface area contributed by atoms with Crippen molar-refractivity contribution in [2.24, 2.45) is 0 Å². The van der Waals surface area contributed by atoms with Crippen LogP contribution in [0.15, 0.2) is 12.1 Å². The molecule has 0 radical (unpaired) electrons. The number of aromatic nitrogens is 2. The molecule has 3 rings (SSSR count). The molecule has 1 fully saturated rings. The van der Waals surface area contributed by atoms with E-state index >= 15 is 0 Å². The largest absolute Gasteiger partial charge is 0.495 e. The molecule has 1 atom stereocenters. The molecular formula is C22H28Cl2F3N5O2. The first-order valence-corrected chi connectivity index (χ1v) is 11.5. The second-order valence-corrected chi connectivity index (χ2v) is 9.22. The van der Waals surface area contributed by atoms with Gasteiger partial charge in [0.1, 0.15) is 5.75 Å². The van der Waals surface area contributed by atoms with E-state index in [0.717, 1.165) is 28.9 Å². The fourth-order valence-corrected chi connectivity index (χ4v) is 4.54. The molecule has 1 saturated heterocycles. The van der Waals surface area contributed by atoms with Crippen molar-refractivity contribution in [3.63, 3.8) is 0 Å². The van der Waals surface area contributed by atoms with Crippen molar-refractivity contribution < 1.29 is 22.7 Å². The SMILES string of the molecule is COc1cc(N2CCN(C(C=O)n3nc(C(F)(F)F)c(Cl)c3C)CC2)c(CCN(C)C)cc1Cl. The van der Waals surface area contributed by atoms with Gasteiger partial charge in [0.15, 0.2) is 18.1 Å². The zero-order chi connectivity index (χ0) is 25.2. The second-order valence-electron chi connectivity index (χ2n) is 8.43. The highest BCUT2D eigenvalue weighted by molar-refractivity contribution is 6.32. The maximum absolute atomic E-state index is 13.2. The molecule has 2 aromatic rings. The monoisotopic (exact) mass is 521 g/mol. The average molecular weight is 522 g/mol. The van der Waals surface area contributed by atoms with Crippen LogP contribution in [0.3, 0.4) is 0 Å². The number of carbonyl (C=O) groups excluding carboxylic acids is 1. The lowest BCUT2D eigenvalue weighted by atomic mass is 10.1. The van der Waals surface area contributed by atoms with Gasteiger partial charge in [0.05, 0.1) is 22.8 Å². The molecule has 1 aromatic heterocycles. The van der Waals surface area contributed by atoms with E-state index in [-0.39, 0.29) is 5.69 Å². The highest BCUT2D eigenvalue weighted by Crippen LogP contribution is 2.37. The quantitative estimate of drug-likeness (QED) is 0.486. The Balaban J connectivity index is 1.82. The average Bonchev–Trinajstić information content (AvgIpc) is 3.08. The van der Waals surface area contributed by atoms with Crippen molar-refractivity contribution in [1.82, 2.24) is 19.6 Å². The molecule has 188 valence electrons. The van der Waals surface area contributed by atoms with Gasteiger partial charge < -0.3 is 14.5 Å². The first-order chi connectivity index (χ1) is 16.0. The third-order valence-corrected chi connectivity index (χ3v) is 6.68. The number of aldehydes is 1. The van der Waals surface area contributed by atoms with Crippen LogP contribution in [0.4, 0.5) is 18.9 Å². The predicted octanol–water partition coefficient (Wildman–Crippen LogP) is 4.15. The summed E-state index contributed by atoms with van der Waals surface area (Å²) >= 11 is 12.2. The number of hydrogen-bond donors (Lipinski definition) is 0. The van der Waals surface area contributed by atoms with Crippen LogP contribution in [0.2, 0.25) is 10.0 Å². The maximum Gasteiger partial charge on any atom is 0.436 e. The number of benzene rings is 1. The van der Waals surface area contributed by atoms with E-state index in [1.165, 1.54) is 6.92 Å². The number of alkyl halides is 3. The summed E-state index contributed by atoms with van der Waals surface area (Å²) in [5.41, 5.74) is 0.977. The Kier molecular flexibility index (Phi) is 8.38. The van der Waals surface area contributed by atoms with E-state index in [2.05, 4.69) is 14.9 Å². The van der Waals surface area contributed by atoms with Crippen LogP contribution in [-0.4, -0.2) is 79.8 Å². The number of anilines is 1. The Morgan fingerprint density at radius 1 is 1.21 bits per heavy atom. The molecule has 0 bridgehead atoms. The minimum absolute atomic E-state index is 0.0990. The van der Waals surface area contributed by atoms with Crippen LogP contribution in [0, 0.1) is 6.92 Å². The van der Waals surface area contributed by atoms with Crippen molar-refractivity contribution in [2.75, 3.05) is 58.8 Å². The number of methoxy groups -OCH3 is 1. The Labute approximate surface area is 206 Å². The van der Waals surface area contributed by atoms with Gasteiger partial charge in [-0.2, -0.15) is 18.3 Å². The number of nitrogens with zero attached hydrogens (tertiary/aromatic N) is 5. The van der Waals surface area contributed by atoms with Crippen molar-refractivity contribution in [1.29, 1.82) is 0 Å². The van der Waals surface area contributed by atoms with Gasteiger partial charge >= 0.3 is 6.18 Å². The molecule has 0 saturated carbocycles. The lowest BCUT2D eigenvalue weighted by Gasteiger charge is -2.39. The Hall–Kier alpha value is -2.01. The van der Waals surface area contributed by atoms with Gasteiger partial charge in [-0.05, 0) is 39.1 Å². The Morgan fingerprint density at radius 3 is 2.35 bits per heavy atom. The normalized spacial score (nSPS) is 16.2. The van der Waals surface area contributed by atoms with Gasteiger partial charge in [0, 0.05) is 44.5 Å². The summed E-state index contributed by atoms with van der Waals surface area (Å²) in [5.74, 6) is 0.569. The summed E-state index contributed by atoms with van der Waals surface area (Å²) in [6.45, 7) is 4.27. The third-order valence-electron chi connectivity index (χ3n) is 5.93. The number of likely N-dealkylation sites (N-methyl/N-ethyl adjacent to an activating group) is 1. The molecule has 1 aromatic carbocycles. The fourth-order valence-electron chi connectivity index (χ4n) is 4.04. The van der Waals surface area contributed by atoms with Gasteiger partial charge in [-0.15, -0.1) is 0 Å². The van der Waals surface area contributed by atoms with E-state index in [4.69, 9.17) is 27.9 Å². The molecule has 34 heavy (non-hydrogen) atoms. The van der Waals surface area contributed by atoms with Crippen molar-refractivity contribution in [2.45, 2.75) is 25.7 Å². The van der Waals surface area contributed by atoms with E-state index in [9.17, 15) is 18.0 Å². The molecule has 1 aliphatic rings. The zero-order valence-electron chi connectivity index (χ0n) is 19.5. The standard InChI is InChI=1S/C22H28Cl2F3N5O2/c1-14-20(24)21(22(25,26)27)28-32(14)19(13-33)31-9-7-30(8-10-31)17-12-18(34-4)16(23)11-15(17)5-6-29(2)3/h11-13,19H,5-10H2,1-4H3. The molecule has 0 aliphatic carbocycles. The van der Waals surface area contributed by atoms with Crippen molar-refractivity contribution in [3.8, 4) is 5.75 Å². The highest BCUT2D eigenvalue weighted by Gasteiger charge is 2.40. The molecule has 1 aliphatic heterocycles. The molecular weight excluding hydrogens is 494 g/mol. The molecule has 0 N–H and O–H groups in total. The first kappa shape index (κ1) is 26.6. The van der Waals surface area contributed by atoms with Gasteiger partial charge in [0.2, 0.25) is 0 Å². The summed E-state index contributed by atoms with van der Waals surface area (Å²) in [7, 11) is 5.55. The van der Waals surface area contributed by atoms with Gasteiger partial charge in [-0.3, -0.25) is 9.69 Å². The zero-order valence-corrected chi connectivity index (χ0v) is 21.0. The van der Waals surface area contributed by atoms with Crippen LogP contribution >= 0.6 is 23.2 Å². The Bertz CT molecular complexity index is 1020. The maximum atomic E-state index is 13.2. The van der Waals surface area contributed by atoms with Crippen LogP contribution in [0.1, 0.15) is 23.1 Å². The minimum Gasteiger partial charge on any atom is -0.495 e. The number of piperazine rings is 1. The summed E-state index contributed by atoms with van der Waals surface area (Å²) < 4.78 is 46.2. The van der Waals surface area contributed by atoms with Crippen LogP contribution in [-0.2, 0) is 17.4 Å². The number of halogens is 5. The summed E-state index contributed by atoms with van der Waals surface area (Å²) in [4.78, 5) is 18.0. The van der Waals surface area contributed by atoms with Crippen LogP contribution in [0.5, 0.6) is 5.75 Å². The first-order valence-electron chi connectivity index (χ1n) is 10.7. The molecule has 0 amide bonds. The number of rotatable bonds is 8. The number of hydrogen-bond acceptors (Lipinski definition) is 6. The summed E-state index contributed by atoms with van der Waals surface area (Å²) in [6, 6.07) is 3.82. The van der Waals surface area contributed by atoms with E-state index < -0.39 is 23.1 Å². The lowest BCUT2D eigenvalue weighted by molar-refractivity contribution is -0.142. The van der Waals surface area contributed by atoms with Crippen LogP contribution in [0.25, 0.3) is 0 Å². The topological polar surface area (TPSA) is 53.8 Å². The fraction of sp³-hybridized carbons (Fsp3) is 0.545. The summed E-state index contributed by atoms with van der Waals surface area (Å²) in [5, 5.41) is 3.67. The second kappa shape index (κ2) is 10.7.